The molecule has 1 atom stereocenters. The summed E-state index contributed by atoms with van der Waals surface area (Å²) in [6, 6.07) is 6.49. The van der Waals surface area contributed by atoms with Gasteiger partial charge in [0.2, 0.25) is 0 Å². The maximum Gasteiger partial charge on any atom is 0.146 e. The van der Waals surface area contributed by atoms with Gasteiger partial charge in [-0.05, 0) is 19.1 Å². The van der Waals surface area contributed by atoms with Crippen LogP contribution in [0.15, 0.2) is 42.9 Å². The minimum atomic E-state index is -0.266. The van der Waals surface area contributed by atoms with Gasteiger partial charge < -0.3 is 5.32 Å². The monoisotopic (exact) mass is 217 g/mol. The lowest BCUT2D eigenvalue weighted by Gasteiger charge is -2.14. The van der Waals surface area contributed by atoms with Crippen LogP contribution in [0.25, 0.3) is 0 Å². The molecule has 2 aromatic rings. The van der Waals surface area contributed by atoms with Crippen molar-refractivity contribution < 1.29 is 4.39 Å². The lowest BCUT2D eigenvalue weighted by Crippen LogP contribution is -2.09. The fraction of sp³-hybridized carbons (Fsp3) is 0.167. The third-order valence-corrected chi connectivity index (χ3v) is 2.27. The molecule has 4 heteroatoms. The third kappa shape index (κ3) is 2.34. The van der Waals surface area contributed by atoms with Crippen LogP contribution in [-0.4, -0.2) is 9.97 Å². The van der Waals surface area contributed by atoms with E-state index in [2.05, 4.69) is 15.3 Å². The number of para-hydroxylation sites is 1. The van der Waals surface area contributed by atoms with E-state index in [1.807, 2.05) is 6.92 Å². The fourth-order valence-corrected chi connectivity index (χ4v) is 1.42. The number of anilines is 1. The average molecular weight is 217 g/mol. The summed E-state index contributed by atoms with van der Waals surface area (Å²) in [6.07, 6.45) is 4.90. The van der Waals surface area contributed by atoms with Gasteiger partial charge in [0.15, 0.2) is 0 Å². The molecule has 0 aliphatic heterocycles. The highest BCUT2D eigenvalue weighted by Gasteiger charge is 2.08. The van der Waals surface area contributed by atoms with Gasteiger partial charge in [-0.2, -0.15) is 0 Å². The first-order valence-corrected chi connectivity index (χ1v) is 5.04. The molecular formula is C12H12FN3. The first kappa shape index (κ1) is 10.5. The number of benzene rings is 1. The molecule has 1 aromatic heterocycles. The Hall–Kier alpha value is -1.97. The van der Waals surface area contributed by atoms with Crippen molar-refractivity contribution in [1.29, 1.82) is 0 Å². The van der Waals surface area contributed by atoms with Crippen molar-refractivity contribution in [3.8, 4) is 0 Å². The molecule has 16 heavy (non-hydrogen) atoms. The molecule has 1 aromatic carbocycles. The van der Waals surface area contributed by atoms with Gasteiger partial charge >= 0.3 is 0 Å². The molecule has 82 valence electrons. The third-order valence-electron chi connectivity index (χ3n) is 2.27. The summed E-state index contributed by atoms with van der Waals surface area (Å²) in [5.74, 6) is -0.266. The minimum Gasteiger partial charge on any atom is -0.375 e. The zero-order valence-corrected chi connectivity index (χ0v) is 8.89. The second-order valence-electron chi connectivity index (χ2n) is 3.48. The van der Waals surface area contributed by atoms with E-state index >= 15 is 0 Å². The maximum absolute atomic E-state index is 13.4. The Morgan fingerprint density at radius 2 is 2.06 bits per heavy atom. The van der Waals surface area contributed by atoms with Crippen LogP contribution in [-0.2, 0) is 0 Å². The van der Waals surface area contributed by atoms with E-state index in [0.717, 1.165) is 5.69 Å². The lowest BCUT2D eigenvalue weighted by atomic mass is 10.2. The maximum atomic E-state index is 13.4. The molecule has 0 fully saturated rings. The Morgan fingerprint density at radius 1 is 1.25 bits per heavy atom. The number of rotatable bonds is 3. The Morgan fingerprint density at radius 3 is 2.75 bits per heavy atom. The summed E-state index contributed by atoms with van der Waals surface area (Å²) in [5.41, 5.74) is 1.26. The highest BCUT2D eigenvalue weighted by molar-refractivity contribution is 5.45. The van der Waals surface area contributed by atoms with E-state index in [4.69, 9.17) is 0 Å². The summed E-state index contributed by atoms with van der Waals surface area (Å²) in [5, 5.41) is 3.05. The second kappa shape index (κ2) is 4.70. The zero-order chi connectivity index (χ0) is 11.4. The molecular weight excluding hydrogens is 205 g/mol. The first-order valence-electron chi connectivity index (χ1n) is 5.04. The highest BCUT2D eigenvalue weighted by Crippen LogP contribution is 2.19. The van der Waals surface area contributed by atoms with Gasteiger partial charge in [0.25, 0.3) is 0 Å². The van der Waals surface area contributed by atoms with Crippen LogP contribution in [0.1, 0.15) is 18.7 Å². The fourth-order valence-electron chi connectivity index (χ4n) is 1.42. The van der Waals surface area contributed by atoms with Crippen LogP contribution < -0.4 is 5.32 Å². The number of nitrogens with zero attached hydrogens (tertiary/aromatic N) is 2. The standard InChI is InChI=1S/C12H12FN3/c1-9(12-8-14-6-7-15-12)16-11-5-3-2-4-10(11)13/h2-9,16H,1H3. The Balaban J connectivity index is 2.14. The number of aromatic nitrogens is 2. The van der Waals surface area contributed by atoms with E-state index in [0.29, 0.717) is 5.69 Å². The van der Waals surface area contributed by atoms with Crippen molar-refractivity contribution in [1.82, 2.24) is 9.97 Å². The number of halogens is 1. The summed E-state index contributed by atoms with van der Waals surface area (Å²) in [4.78, 5) is 8.13. The summed E-state index contributed by atoms with van der Waals surface area (Å²) >= 11 is 0. The van der Waals surface area contributed by atoms with Crippen molar-refractivity contribution in [2.24, 2.45) is 0 Å². The Bertz CT molecular complexity index is 459. The van der Waals surface area contributed by atoms with E-state index < -0.39 is 0 Å². The van der Waals surface area contributed by atoms with Crippen molar-refractivity contribution in [3.63, 3.8) is 0 Å². The van der Waals surface area contributed by atoms with Gasteiger partial charge in [-0.15, -0.1) is 0 Å². The molecule has 0 amide bonds. The molecule has 0 radical (unpaired) electrons. The summed E-state index contributed by atoms with van der Waals surface area (Å²) < 4.78 is 13.4. The molecule has 0 aliphatic carbocycles. The Kier molecular flexibility index (Phi) is 3.10. The topological polar surface area (TPSA) is 37.8 Å². The van der Waals surface area contributed by atoms with Crippen molar-refractivity contribution >= 4 is 5.69 Å². The zero-order valence-electron chi connectivity index (χ0n) is 8.89. The predicted octanol–water partition coefficient (Wildman–Crippen LogP) is 2.79. The molecule has 1 heterocycles. The number of nitrogens with one attached hydrogen (secondary N) is 1. The van der Waals surface area contributed by atoms with Gasteiger partial charge in [-0.3, -0.25) is 9.97 Å². The van der Waals surface area contributed by atoms with Gasteiger partial charge in [0.1, 0.15) is 5.82 Å². The van der Waals surface area contributed by atoms with E-state index in [1.54, 1.807) is 36.8 Å². The van der Waals surface area contributed by atoms with E-state index in [9.17, 15) is 4.39 Å². The average Bonchev–Trinajstić information content (AvgIpc) is 2.33. The molecule has 0 aliphatic rings. The van der Waals surface area contributed by atoms with Gasteiger partial charge in [-0.1, -0.05) is 12.1 Å². The van der Waals surface area contributed by atoms with E-state index in [1.165, 1.54) is 6.07 Å². The van der Waals surface area contributed by atoms with Crippen LogP contribution >= 0.6 is 0 Å². The van der Waals surface area contributed by atoms with Crippen molar-refractivity contribution in [2.75, 3.05) is 5.32 Å². The summed E-state index contributed by atoms with van der Waals surface area (Å²) in [7, 11) is 0. The van der Waals surface area contributed by atoms with Gasteiger partial charge in [0, 0.05) is 12.4 Å². The van der Waals surface area contributed by atoms with Crippen LogP contribution in [0.3, 0.4) is 0 Å². The quantitative estimate of drug-likeness (QED) is 0.859. The van der Waals surface area contributed by atoms with Crippen LogP contribution in [0, 0.1) is 5.82 Å². The number of hydrogen-bond acceptors (Lipinski definition) is 3. The molecule has 0 spiro atoms. The smallest absolute Gasteiger partial charge is 0.146 e. The molecule has 3 nitrogen and oxygen atoms in total. The first-order chi connectivity index (χ1) is 7.77. The second-order valence-corrected chi connectivity index (χ2v) is 3.48. The van der Waals surface area contributed by atoms with E-state index in [-0.39, 0.29) is 11.9 Å². The van der Waals surface area contributed by atoms with Crippen molar-refractivity contribution in [2.45, 2.75) is 13.0 Å². The number of hydrogen-bond donors (Lipinski definition) is 1. The lowest BCUT2D eigenvalue weighted by molar-refractivity contribution is 0.627. The highest BCUT2D eigenvalue weighted by atomic mass is 19.1. The van der Waals surface area contributed by atoms with Gasteiger partial charge in [-0.25, -0.2) is 4.39 Å². The predicted molar refractivity (Wildman–Crippen MR) is 60.5 cm³/mol. The normalized spacial score (nSPS) is 12.1. The van der Waals surface area contributed by atoms with Crippen LogP contribution in [0.2, 0.25) is 0 Å². The Labute approximate surface area is 93.4 Å². The van der Waals surface area contributed by atoms with Gasteiger partial charge in [0.05, 0.1) is 23.6 Å². The van der Waals surface area contributed by atoms with Crippen LogP contribution in [0.5, 0.6) is 0 Å². The molecule has 2 rings (SSSR count). The molecule has 1 N–H and O–H groups in total. The summed E-state index contributed by atoms with van der Waals surface area (Å²) in [6.45, 7) is 1.91. The molecule has 0 bridgehead atoms. The SMILES string of the molecule is CC(Nc1ccccc1F)c1cnccn1. The van der Waals surface area contributed by atoms with Crippen LogP contribution in [0.4, 0.5) is 10.1 Å². The molecule has 1 unspecified atom stereocenters. The largest absolute Gasteiger partial charge is 0.375 e. The molecule has 0 saturated carbocycles. The van der Waals surface area contributed by atoms with Crippen molar-refractivity contribution in [3.05, 3.63) is 54.4 Å². The minimum absolute atomic E-state index is 0.0781. The molecule has 0 saturated heterocycles.